The fraction of sp³-hybridized carbons (Fsp3) is 0.600. The van der Waals surface area contributed by atoms with E-state index >= 15 is 0 Å². The Hall–Kier alpha value is -0.950. The number of fused-ring (bicyclic) bond motifs is 1. The summed E-state index contributed by atoms with van der Waals surface area (Å²) in [7, 11) is -1.33. The van der Waals surface area contributed by atoms with Crippen LogP contribution in [0.2, 0.25) is 0 Å². The molecule has 0 bridgehead atoms. The average molecular weight is 309 g/mol. The molecule has 3 rings (SSSR count). The van der Waals surface area contributed by atoms with Gasteiger partial charge >= 0.3 is 0 Å². The second kappa shape index (κ2) is 6.04. The van der Waals surface area contributed by atoms with Gasteiger partial charge in [0, 0.05) is 32.2 Å². The second-order valence-corrected chi connectivity index (χ2v) is 7.74. The minimum Gasteiger partial charge on any atom is -0.304 e. The second-order valence-electron chi connectivity index (χ2n) is 6.03. The third-order valence-corrected chi connectivity index (χ3v) is 6.14. The van der Waals surface area contributed by atoms with Crippen molar-refractivity contribution in [1.82, 2.24) is 13.9 Å². The monoisotopic (exact) mass is 309 g/mol. The van der Waals surface area contributed by atoms with Crippen molar-refractivity contribution in [2.75, 3.05) is 33.2 Å². The van der Waals surface area contributed by atoms with E-state index in [2.05, 4.69) is 21.8 Å². The van der Waals surface area contributed by atoms with Crippen LogP contribution in [-0.2, 0) is 23.1 Å². The van der Waals surface area contributed by atoms with Gasteiger partial charge in [0.05, 0.1) is 0 Å². The Morgan fingerprint density at radius 1 is 1.10 bits per heavy atom. The van der Waals surface area contributed by atoms with Crippen LogP contribution in [0, 0.1) is 0 Å². The topological polar surface area (TPSA) is 52.7 Å². The quantitative estimate of drug-likeness (QED) is 0.891. The Bertz CT molecular complexity index is 595. The maximum atomic E-state index is 12.5. The summed E-state index contributed by atoms with van der Waals surface area (Å²) in [6, 6.07) is 8.33. The van der Waals surface area contributed by atoms with E-state index in [1.54, 1.807) is 4.31 Å². The number of likely N-dealkylation sites (N-methyl/N-ethyl adjacent to an activating group) is 1. The van der Waals surface area contributed by atoms with Crippen LogP contribution in [0.15, 0.2) is 24.3 Å². The zero-order chi connectivity index (χ0) is 14.9. The molecular formula is C15H23N3O2S. The molecule has 5 nitrogen and oxygen atoms in total. The van der Waals surface area contributed by atoms with E-state index in [-0.39, 0.29) is 6.04 Å². The van der Waals surface area contributed by atoms with Crippen LogP contribution >= 0.6 is 0 Å². The van der Waals surface area contributed by atoms with E-state index < -0.39 is 10.2 Å². The molecule has 116 valence electrons. The van der Waals surface area contributed by atoms with E-state index in [9.17, 15) is 8.42 Å². The van der Waals surface area contributed by atoms with Gasteiger partial charge in [-0.15, -0.1) is 0 Å². The molecule has 0 saturated carbocycles. The maximum absolute atomic E-state index is 12.5. The van der Waals surface area contributed by atoms with Gasteiger partial charge in [0.25, 0.3) is 10.2 Å². The molecule has 1 unspecified atom stereocenters. The first-order valence-corrected chi connectivity index (χ1v) is 9.01. The van der Waals surface area contributed by atoms with E-state index in [0.717, 1.165) is 32.4 Å². The third kappa shape index (κ3) is 3.45. The van der Waals surface area contributed by atoms with Gasteiger partial charge in [-0.05, 0) is 37.4 Å². The SMILES string of the molecule is CN1CCN(S(=O)(=O)NC2CCc3ccccc3C2)CC1. The number of hydrogen-bond acceptors (Lipinski definition) is 3. The van der Waals surface area contributed by atoms with E-state index in [1.165, 1.54) is 11.1 Å². The summed E-state index contributed by atoms with van der Waals surface area (Å²) >= 11 is 0. The highest BCUT2D eigenvalue weighted by atomic mass is 32.2. The van der Waals surface area contributed by atoms with Gasteiger partial charge in [-0.25, -0.2) is 0 Å². The van der Waals surface area contributed by atoms with Gasteiger partial charge in [0.2, 0.25) is 0 Å². The van der Waals surface area contributed by atoms with Crippen LogP contribution in [0.25, 0.3) is 0 Å². The Morgan fingerprint density at radius 3 is 2.48 bits per heavy atom. The van der Waals surface area contributed by atoms with Crippen LogP contribution in [0.5, 0.6) is 0 Å². The smallest absolute Gasteiger partial charge is 0.279 e. The molecule has 1 aliphatic heterocycles. The lowest BCUT2D eigenvalue weighted by atomic mass is 9.89. The molecule has 1 aromatic rings. The highest BCUT2D eigenvalue weighted by Gasteiger charge is 2.29. The van der Waals surface area contributed by atoms with Crippen molar-refractivity contribution in [3.8, 4) is 0 Å². The van der Waals surface area contributed by atoms with Gasteiger partial charge in [0.1, 0.15) is 0 Å². The molecule has 1 aromatic carbocycles. The molecule has 1 atom stereocenters. The largest absolute Gasteiger partial charge is 0.304 e. The van der Waals surface area contributed by atoms with Crippen LogP contribution in [0.4, 0.5) is 0 Å². The number of nitrogens with one attached hydrogen (secondary N) is 1. The molecule has 0 spiro atoms. The van der Waals surface area contributed by atoms with Crippen molar-refractivity contribution in [1.29, 1.82) is 0 Å². The minimum atomic E-state index is -3.35. The van der Waals surface area contributed by atoms with Gasteiger partial charge in [-0.2, -0.15) is 17.4 Å². The summed E-state index contributed by atoms with van der Waals surface area (Å²) in [5.41, 5.74) is 2.63. The molecule has 2 aliphatic rings. The highest BCUT2D eigenvalue weighted by Crippen LogP contribution is 2.22. The van der Waals surface area contributed by atoms with Crippen molar-refractivity contribution in [3.05, 3.63) is 35.4 Å². The van der Waals surface area contributed by atoms with E-state index in [4.69, 9.17) is 0 Å². The number of hydrogen-bond donors (Lipinski definition) is 1. The Labute approximate surface area is 127 Å². The molecule has 1 saturated heterocycles. The predicted molar refractivity (Wildman–Crippen MR) is 83.4 cm³/mol. The zero-order valence-electron chi connectivity index (χ0n) is 12.5. The Kier molecular flexibility index (Phi) is 4.31. The molecule has 1 aliphatic carbocycles. The Morgan fingerprint density at radius 2 is 1.76 bits per heavy atom. The van der Waals surface area contributed by atoms with Crippen LogP contribution in [-0.4, -0.2) is 56.9 Å². The summed E-state index contributed by atoms with van der Waals surface area (Å²) in [4.78, 5) is 2.16. The van der Waals surface area contributed by atoms with Gasteiger partial charge in [-0.1, -0.05) is 24.3 Å². The van der Waals surface area contributed by atoms with Gasteiger partial charge < -0.3 is 4.90 Å². The molecule has 1 fully saturated rings. The number of rotatable bonds is 3. The minimum absolute atomic E-state index is 0.0181. The molecule has 1 N–H and O–H groups in total. The fourth-order valence-corrected chi connectivity index (χ4v) is 4.53. The average Bonchev–Trinajstić information content (AvgIpc) is 2.47. The van der Waals surface area contributed by atoms with Gasteiger partial charge in [-0.3, -0.25) is 0 Å². The van der Waals surface area contributed by atoms with Crippen LogP contribution in [0.3, 0.4) is 0 Å². The van der Waals surface area contributed by atoms with Crippen molar-refractivity contribution in [3.63, 3.8) is 0 Å². The molecule has 0 radical (unpaired) electrons. The van der Waals surface area contributed by atoms with E-state index in [1.807, 2.05) is 19.2 Å². The zero-order valence-corrected chi connectivity index (χ0v) is 13.3. The van der Waals surface area contributed by atoms with Crippen molar-refractivity contribution < 1.29 is 8.42 Å². The van der Waals surface area contributed by atoms with Crippen LogP contribution in [0.1, 0.15) is 17.5 Å². The van der Waals surface area contributed by atoms with E-state index in [0.29, 0.717) is 13.1 Å². The summed E-state index contributed by atoms with van der Waals surface area (Å²) in [5, 5.41) is 0. The first-order valence-electron chi connectivity index (χ1n) is 7.57. The molecule has 1 heterocycles. The Balaban J connectivity index is 1.64. The summed E-state index contributed by atoms with van der Waals surface area (Å²) < 4.78 is 29.4. The summed E-state index contributed by atoms with van der Waals surface area (Å²) in [5.74, 6) is 0. The first-order chi connectivity index (χ1) is 10.0. The number of nitrogens with zero attached hydrogens (tertiary/aromatic N) is 2. The lowest BCUT2D eigenvalue weighted by Crippen LogP contribution is -2.53. The maximum Gasteiger partial charge on any atom is 0.279 e. The first kappa shape index (κ1) is 15.0. The predicted octanol–water partition coefficient (Wildman–Crippen LogP) is 0.626. The fourth-order valence-electron chi connectivity index (χ4n) is 3.11. The summed E-state index contributed by atoms with van der Waals surface area (Å²) in [6.45, 7) is 2.76. The van der Waals surface area contributed by atoms with Crippen molar-refractivity contribution in [2.45, 2.75) is 25.3 Å². The number of benzene rings is 1. The summed E-state index contributed by atoms with van der Waals surface area (Å²) in [6.07, 6.45) is 2.62. The molecular weight excluding hydrogens is 286 g/mol. The lowest BCUT2D eigenvalue weighted by molar-refractivity contribution is 0.220. The lowest BCUT2D eigenvalue weighted by Gasteiger charge is -2.33. The van der Waals surface area contributed by atoms with Crippen molar-refractivity contribution in [2.24, 2.45) is 0 Å². The molecule has 6 heteroatoms. The van der Waals surface area contributed by atoms with Crippen molar-refractivity contribution >= 4 is 10.2 Å². The molecule has 0 aromatic heterocycles. The number of aryl methyl sites for hydroxylation is 1. The molecule has 0 amide bonds. The third-order valence-electron chi connectivity index (χ3n) is 4.46. The van der Waals surface area contributed by atoms with Gasteiger partial charge in [0.15, 0.2) is 0 Å². The molecule has 21 heavy (non-hydrogen) atoms. The van der Waals surface area contributed by atoms with Crippen LogP contribution < -0.4 is 4.72 Å². The number of piperazine rings is 1. The normalized spacial score (nSPS) is 24.7. The standard InChI is InChI=1S/C15H23N3O2S/c1-17-8-10-18(11-9-17)21(19,20)16-15-7-6-13-4-2-3-5-14(13)12-15/h2-5,15-16H,6-12H2,1H3. The highest BCUT2D eigenvalue weighted by molar-refractivity contribution is 7.87.